The third kappa shape index (κ3) is 4.68. The molecule has 1 aliphatic rings. The van der Waals surface area contributed by atoms with Crippen LogP contribution in [0.15, 0.2) is 48.5 Å². The first-order valence-corrected chi connectivity index (χ1v) is 10.8. The second-order valence-corrected chi connectivity index (χ2v) is 8.50. The van der Waals surface area contributed by atoms with Crippen LogP contribution < -0.4 is 15.1 Å². The number of hydrogen-bond acceptors (Lipinski definition) is 6. The summed E-state index contributed by atoms with van der Waals surface area (Å²) in [7, 11) is 3.98. The zero-order valence-electron chi connectivity index (χ0n) is 17.0. The van der Waals surface area contributed by atoms with Gasteiger partial charge in [-0.1, -0.05) is 23.5 Å². The number of nitrogens with one attached hydrogen (secondary N) is 1. The molecule has 0 spiro atoms. The van der Waals surface area contributed by atoms with Crippen LogP contribution in [0.1, 0.15) is 10.4 Å². The molecule has 1 aliphatic heterocycles. The number of hydrogen-bond donors (Lipinski definition) is 1. The van der Waals surface area contributed by atoms with E-state index < -0.39 is 0 Å². The number of aromatic nitrogens is 1. The SMILES string of the molecule is CN(C)c1ccc(C(=O)NCCN2CCN(c3nc4ccccc4s3)CC2)cc1. The van der Waals surface area contributed by atoms with Crippen molar-refractivity contribution in [3.05, 3.63) is 54.1 Å². The molecule has 7 heteroatoms. The summed E-state index contributed by atoms with van der Waals surface area (Å²) in [5.74, 6) is -0.0107. The van der Waals surface area contributed by atoms with Gasteiger partial charge in [-0.05, 0) is 36.4 Å². The molecular formula is C22H27N5OS. The van der Waals surface area contributed by atoms with E-state index in [4.69, 9.17) is 4.98 Å². The molecule has 0 saturated carbocycles. The Morgan fingerprint density at radius 2 is 1.79 bits per heavy atom. The fourth-order valence-corrected chi connectivity index (χ4v) is 4.52. The number of carbonyl (C=O) groups is 1. The molecule has 6 nitrogen and oxygen atoms in total. The molecule has 1 aromatic heterocycles. The highest BCUT2D eigenvalue weighted by Gasteiger charge is 2.19. The van der Waals surface area contributed by atoms with Crippen molar-refractivity contribution >= 4 is 38.3 Å². The molecule has 0 atom stereocenters. The summed E-state index contributed by atoms with van der Waals surface area (Å²) in [4.78, 5) is 23.9. The van der Waals surface area contributed by atoms with E-state index in [-0.39, 0.29) is 5.91 Å². The van der Waals surface area contributed by atoms with Crippen LogP contribution in [0.3, 0.4) is 0 Å². The van der Waals surface area contributed by atoms with Crippen molar-refractivity contribution in [3.63, 3.8) is 0 Å². The number of piperazine rings is 1. The summed E-state index contributed by atoms with van der Waals surface area (Å²) in [6.07, 6.45) is 0. The lowest BCUT2D eigenvalue weighted by Gasteiger charge is -2.34. The van der Waals surface area contributed by atoms with Gasteiger partial charge in [-0.25, -0.2) is 4.98 Å². The third-order valence-electron chi connectivity index (χ3n) is 5.28. The number of carbonyl (C=O) groups excluding carboxylic acids is 1. The molecule has 0 bridgehead atoms. The number of fused-ring (bicyclic) bond motifs is 1. The van der Waals surface area contributed by atoms with Crippen molar-refractivity contribution in [2.75, 3.05) is 63.2 Å². The molecule has 1 fully saturated rings. The molecule has 2 heterocycles. The van der Waals surface area contributed by atoms with Gasteiger partial charge in [0.15, 0.2) is 5.13 Å². The highest BCUT2D eigenvalue weighted by molar-refractivity contribution is 7.22. The van der Waals surface area contributed by atoms with Crippen molar-refractivity contribution in [1.29, 1.82) is 0 Å². The Bertz CT molecular complexity index is 928. The third-order valence-corrected chi connectivity index (χ3v) is 6.38. The Labute approximate surface area is 175 Å². The van der Waals surface area contributed by atoms with Crippen molar-refractivity contribution in [3.8, 4) is 0 Å². The number of amides is 1. The van der Waals surface area contributed by atoms with Crippen LogP contribution >= 0.6 is 11.3 Å². The predicted molar refractivity (Wildman–Crippen MR) is 121 cm³/mol. The van der Waals surface area contributed by atoms with Gasteiger partial charge < -0.3 is 15.1 Å². The molecule has 29 heavy (non-hydrogen) atoms. The minimum atomic E-state index is -0.0107. The minimum Gasteiger partial charge on any atom is -0.378 e. The second-order valence-electron chi connectivity index (χ2n) is 7.49. The lowest BCUT2D eigenvalue weighted by molar-refractivity contribution is 0.0948. The lowest BCUT2D eigenvalue weighted by atomic mass is 10.2. The van der Waals surface area contributed by atoms with Crippen molar-refractivity contribution < 1.29 is 4.79 Å². The standard InChI is InChI=1S/C22H27N5OS/c1-25(2)18-9-7-17(8-10-18)21(28)23-11-12-26-13-15-27(16-14-26)22-24-19-5-3-4-6-20(19)29-22/h3-10H,11-16H2,1-2H3,(H,23,28). The van der Waals surface area contributed by atoms with Crippen LogP contribution in [-0.4, -0.2) is 69.2 Å². The second kappa shape index (κ2) is 8.80. The molecule has 1 saturated heterocycles. The number of anilines is 2. The van der Waals surface area contributed by atoms with Gasteiger partial charge in [-0.3, -0.25) is 9.69 Å². The van der Waals surface area contributed by atoms with Crippen LogP contribution in [0.4, 0.5) is 10.8 Å². The van der Waals surface area contributed by atoms with Crippen LogP contribution in [0.25, 0.3) is 10.2 Å². The molecule has 0 aliphatic carbocycles. The number of thiazole rings is 1. The van der Waals surface area contributed by atoms with Gasteiger partial charge in [0.25, 0.3) is 5.91 Å². The summed E-state index contributed by atoms with van der Waals surface area (Å²) in [5.41, 5.74) is 2.88. The summed E-state index contributed by atoms with van der Waals surface area (Å²) < 4.78 is 1.24. The van der Waals surface area contributed by atoms with Crippen molar-refractivity contribution in [2.24, 2.45) is 0 Å². The number of para-hydroxylation sites is 1. The maximum atomic E-state index is 12.3. The van der Waals surface area contributed by atoms with Crippen molar-refractivity contribution in [1.82, 2.24) is 15.2 Å². The van der Waals surface area contributed by atoms with Gasteiger partial charge in [0.1, 0.15) is 0 Å². The number of benzene rings is 2. The van der Waals surface area contributed by atoms with Crippen LogP contribution in [0.5, 0.6) is 0 Å². The molecule has 1 N–H and O–H groups in total. The van der Waals surface area contributed by atoms with Gasteiger partial charge >= 0.3 is 0 Å². The fourth-order valence-electron chi connectivity index (χ4n) is 3.50. The molecule has 4 rings (SSSR count). The predicted octanol–water partition coefficient (Wildman–Crippen LogP) is 2.91. The summed E-state index contributed by atoms with van der Waals surface area (Å²) in [6, 6.07) is 16.0. The lowest BCUT2D eigenvalue weighted by Crippen LogP contribution is -2.48. The normalized spacial score (nSPS) is 14.9. The summed E-state index contributed by atoms with van der Waals surface area (Å²) >= 11 is 1.76. The summed E-state index contributed by atoms with van der Waals surface area (Å²) in [5, 5.41) is 4.15. The molecule has 0 unspecified atom stereocenters. The maximum Gasteiger partial charge on any atom is 0.251 e. The topological polar surface area (TPSA) is 51.7 Å². The molecule has 0 radical (unpaired) electrons. The molecule has 1 amide bonds. The zero-order chi connectivity index (χ0) is 20.2. The van der Waals surface area contributed by atoms with Crippen molar-refractivity contribution in [2.45, 2.75) is 0 Å². The zero-order valence-corrected chi connectivity index (χ0v) is 17.8. The smallest absolute Gasteiger partial charge is 0.251 e. The van der Waals surface area contributed by atoms with Crippen LogP contribution in [0.2, 0.25) is 0 Å². The van der Waals surface area contributed by atoms with Gasteiger partial charge in [0, 0.05) is 64.6 Å². The van der Waals surface area contributed by atoms with E-state index in [0.717, 1.165) is 49.1 Å². The molecular weight excluding hydrogens is 382 g/mol. The maximum absolute atomic E-state index is 12.3. The molecule has 2 aromatic carbocycles. The average molecular weight is 410 g/mol. The van der Waals surface area contributed by atoms with E-state index in [0.29, 0.717) is 12.1 Å². The number of rotatable bonds is 6. The first-order chi connectivity index (χ1) is 14.1. The van der Waals surface area contributed by atoms with E-state index in [2.05, 4.69) is 33.3 Å². The highest BCUT2D eigenvalue weighted by atomic mass is 32.1. The van der Waals surface area contributed by atoms with Crippen LogP contribution in [0, 0.1) is 0 Å². The van der Waals surface area contributed by atoms with E-state index in [1.165, 1.54) is 4.70 Å². The van der Waals surface area contributed by atoms with Crippen LogP contribution in [-0.2, 0) is 0 Å². The van der Waals surface area contributed by atoms with E-state index >= 15 is 0 Å². The van der Waals surface area contributed by atoms with Gasteiger partial charge in [-0.2, -0.15) is 0 Å². The van der Waals surface area contributed by atoms with Gasteiger partial charge in [0.05, 0.1) is 10.2 Å². The number of nitrogens with zero attached hydrogens (tertiary/aromatic N) is 4. The van der Waals surface area contributed by atoms with Gasteiger partial charge in [-0.15, -0.1) is 0 Å². The quantitative estimate of drug-likeness (QED) is 0.678. The summed E-state index contributed by atoms with van der Waals surface area (Å²) in [6.45, 7) is 5.46. The molecule has 152 valence electrons. The minimum absolute atomic E-state index is 0.0107. The Kier molecular flexibility index (Phi) is 5.97. The van der Waals surface area contributed by atoms with E-state index in [9.17, 15) is 4.79 Å². The first kappa shape index (κ1) is 19.7. The largest absolute Gasteiger partial charge is 0.378 e. The Morgan fingerprint density at radius 1 is 1.07 bits per heavy atom. The highest BCUT2D eigenvalue weighted by Crippen LogP contribution is 2.29. The first-order valence-electron chi connectivity index (χ1n) is 9.98. The average Bonchev–Trinajstić information content (AvgIpc) is 3.18. The van der Waals surface area contributed by atoms with Gasteiger partial charge in [0.2, 0.25) is 0 Å². The Balaban J connectivity index is 1.22. The monoisotopic (exact) mass is 409 g/mol. The Morgan fingerprint density at radius 3 is 2.48 bits per heavy atom. The Hall–Kier alpha value is -2.64. The molecule has 3 aromatic rings. The van der Waals surface area contributed by atoms with E-state index in [1.807, 2.05) is 49.3 Å². The van der Waals surface area contributed by atoms with E-state index in [1.54, 1.807) is 11.3 Å². The fraction of sp³-hybridized carbons (Fsp3) is 0.364.